The molecule has 1 saturated carbocycles. The van der Waals surface area contributed by atoms with Crippen molar-refractivity contribution in [2.75, 3.05) is 11.9 Å². The lowest BCUT2D eigenvalue weighted by Gasteiger charge is -2.19. The lowest BCUT2D eigenvalue weighted by Crippen LogP contribution is -2.43. The van der Waals surface area contributed by atoms with E-state index >= 15 is 0 Å². The molecule has 1 aliphatic heterocycles. The highest BCUT2D eigenvalue weighted by Gasteiger charge is 2.41. The maximum Gasteiger partial charge on any atom is 0.319 e. The summed E-state index contributed by atoms with van der Waals surface area (Å²) < 4.78 is 7.45. The van der Waals surface area contributed by atoms with Gasteiger partial charge in [0, 0.05) is 19.9 Å². The van der Waals surface area contributed by atoms with E-state index in [0.29, 0.717) is 5.92 Å². The predicted octanol–water partition coefficient (Wildman–Crippen LogP) is 1.67. The number of anilines is 1. The van der Waals surface area contributed by atoms with Crippen LogP contribution in [-0.2, 0) is 18.2 Å². The van der Waals surface area contributed by atoms with Gasteiger partial charge in [0.1, 0.15) is 0 Å². The second-order valence-corrected chi connectivity index (χ2v) is 5.68. The molecule has 2 heterocycles. The molecule has 1 saturated heterocycles. The molecule has 0 spiro atoms. The zero-order valence-corrected chi connectivity index (χ0v) is 12.1. The first kappa shape index (κ1) is 13.4. The van der Waals surface area contributed by atoms with Gasteiger partial charge in [-0.25, -0.2) is 4.79 Å². The molecule has 20 heavy (non-hydrogen) atoms. The molecule has 0 unspecified atom stereocenters. The Labute approximate surface area is 118 Å². The van der Waals surface area contributed by atoms with Gasteiger partial charge in [0.25, 0.3) is 0 Å². The summed E-state index contributed by atoms with van der Waals surface area (Å²) in [6.07, 6.45) is 6.21. The third kappa shape index (κ3) is 2.80. The summed E-state index contributed by atoms with van der Waals surface area (Å²) in [5.41, 5.74) is 1.69. The summed E-state index contributed by atoms with van der Waals surface area (Å²) in [5.74, 6) is 0.646. The number of urea groups is 1. The molecule has 0 aromatic carbocycles. The summed E-state index contributed by atoms with van der Waals surface area (Å²) in [4.78, 5) is 12.1. The lowest BCUT2D eigenvalue weighted by atomic mass is 10.1. The molecule has 1 aliphatic carbocycles. The van der Waals surface area contributed by atoms with Gasteiger partial charge < -0.3 is 15.4 Å². The summed E-state index contributed by atoms with van der Waals surface area (Å²) >= 11 is 0. The Hall–Kier alpha value is -1.56. The standard InChI is InChI=1S/C14H22N4O2/c1-3-10-12(8-18(2)17-10)16-14(19)15-11-6-7-20-13(11)9-4-5-9/h8-9,11,13H,3-7H2,1-2H3,(H2,15,16,19)/t11-,13-/m0/s1. The van der Waals surface area contributed by atoms with E-state index < -0.39 is 0 Å². The van der Waals surface area contributed by atoms with Crippen LogP contribution in [0, 0.1) is 5.92 Å². The SMILES string of the molecule is CCc1nn(C)cc1NC(=O)N[C@H]1CCO[C@H]1C1CC1. The van der Waals surface area contributed by atoms with Crippen LogP contribution in [0.5, 0.6) is 0 Å². The van der Waals surface area contributed by atoms with Crippen LogP contribution in [0.1, 0.15) is 31.9 Å². The molecule has 1 aromatic heterocycles. The number of carbonyl (C=O) groups is 1. The molecule has 3 rings (SSSR count). The average Bonchev–Trinajstić information content (AvgIpc) is 3.05. The number of nitrogens with one attached hydrogen (secondary N) is 2. The molecule has 2 fully saturated rings. The lowest BCUT2D eigenvalue weighted by molar-refractivity contribution is 0.0829. The fraction of sp³-hybridized carbons (Fsp3) is 0.714. The van der Waals surface area contributed by atoms with Crippen LogP contribution in [-0.4, -0.2) is 34.6 Å². The van der Waals surface area contributed by atoms with Gasteiger partial charge in [-0.15, -0.1) is 0 Å². The van der Waals surface area contributed by atoms with Crippen LogP contribution < -0.4 is 10.6 Å². The maximum absolute atomic E-state index is 12.1. The van der Waals surface area contributed by atoms with Crippen LogP contribution >= 0.6 is 0 Å². The van der Waals surface area contributed by atoms with Gasteiger partial charge in [-0.3, -0.25) is 4.68 Å². The van der Waals surface area contributed by atoms with Gasteiger partial charge in [0.2, 0.25) is 0 Å². The molecule has 2 atom stereocenters. The van der Waals surface area contributed by atoms with E-state index in [1.165, 1.54) is 12.8 Å². The normalized spacial score (nSPS) is 25.7. The van der Waals surface area contributed by atoms with E-state index in [9.17, 15) is 4.79 Å². The molecule has 6 nitrogen and oxygen atoms in total. The number of aryl methyl sites for hydroxylation is 2. The minimum Gasteiger partial charge on any atom is -0.376 e. The fourth-order valence-corrected chi connectivity index (χ4v) is 2.88. The van der Waals surface area contributed by atoms with Crippen molar-refractivity contribution in [2.45, 2.75) is 44.8 Å². The largest absolute Gasteiger partial charge is 0.376 e. The first-order valence-electron chi connectivity index (χ1n) is 7.39. The Morgan fingerprint density at radius 3 is 3.00 bits per heavy atom. The number of nitrogens with zero attached hydrogens (tertiary/aromatic N) is 2. The Kier molecular flexibility index (Phi) is 3.65. The van der Waals surface area contributed by atoms with Gasteiger partial charge in [0.15, 0.2) is 0 Å². The molecule has 0 radical (unpaired) electrons. The topological polar surface area (TPSA) is 68.2 Å². The molecule has 6 heteroatoms. The summed E-state index contributed by atoms with van der Waals surface area (Å²) in [6.45, 7) is 2.78. The summed E-state index contributed by atoms with van der Waals surface area (Å²) in [6, 6.07) is -0.0157. The fourth-order valence-electron chi connectivity index (χ4n) is 2.88. The highest BCUT2D eigenvalue weighted by molar-refractivity contribution is 5.90. The van der Waals surface area contributed by atoms with Crippen molar-refractivity contribution in [2.24, 2.45) is 13.0 Å². The van der Waals surface area contributed by atoms with Crippen molar-refractivity contribution in [1.82, 2.24) is 15.1 Å². The molecule has 2 aliphatic rings. The average molecular weight is 278 g/mol. The highest BCUT2D eigenvalue weighted by Crippen LogP contribution is 2.38. The monoisotopic (exact) mass is 278 g/mol. The van der Waals surface area contributed by atoms with Crippen LogP contribution in [0.3, 0.4) is 0 Å². The van der Waals surface area contributed by atoms with E-state index in [-0.39, 0.29) is 18.2 Å². The quantitative estimate of drug-likeness (QED) is 0.880. The first-order chi connectivity index (χ1) is 9.67. The molecule has 2 N–H and O–H groups in total. The van der Waals surface area contributed by atoms with Crippen molar-refractivity contribution < 1.29 is 9.53 Å². The van der Waals surface area contributed by atoms with Crippen LogP contribution in [0.4, 0.5) is 10.5 Å². The Morgan fingerprint density at radius 1 is 1.50 bits per heavy atom. The van der Waals surface area contributed by atoms with Gasteiger partial charge >= 0.3 is 6.03 Å². The number of carbonyl (C=O) groups excluding carboxylic acids is 1. The molecule has 0 bridgehead atoms. The molecule has 1 aromatic rings. The van der Waals surface area contributed by atoms with E-state index in [0.717, 1.165) is 30.8 Å². The van der Waals surface area contributed by atoms with Crippen molar-refractivity contribution >= 4 is 11.7 Å². The first-order valence-corrected chi connectivity index (χ1v) is 7.39. The third-order valence-electron chi connectivity index (χ3n) is 4.03. The van der Waals surface area contributed by atoms with Gasteiger partial charge in [0.05, 0.1) is 23.5 Å². The number of ether oxygens (including phenoxy) is 1. The second-order valence-electron chi connectivity index (χ2n) is 5.68. The van der Waals surface area contributed by atoms with E-state index in [1.807, 2.05) is 20.2 Å². The zero-order chi connectivity index (χ0) is 14.1. The van der Waals surface area contributed by atoms with E-state index in [4.69, 9.17) is 4.74 Å². The minimum absolute atomic E-state index is 0.143. The van der Waals surface area contributed by atoms with E-state index in [2.05, 4.69) is 15.7 Å². The Balaban J connectivity index is 1.58. The van der Waals surface area contributed by atoms with Crippen molar-refractivity contribution in [1.29, 1.82) is 0 Å². The van der Waals surface area contributed by atoms with Crippen LogP contribution in [0.25, 0.3) is 0 Å². The number of hydrogen-bond acceptors (Lipinski definition) is 3. The predicted molar refractivity (Wildman–Crippen MR) is 75.6 cm³/mol. The molecule has 2 amide bonds. The Morgan fingerprint density at radius 2 is 2.30 bits per heavy atom. The van der Waals surface area contributed by atoms with Gasteiger partial charge in [-0.1, -0.05) is 6.92 Å². The number of amides is 2. The van der Waals surface area contributed by atoms with Crippen molar-refractivity contribution in [3.63, 3.8) is 0 Å². The molecule has 110 valence electrons. The van der Waals surface area contributed by atoms with Gasteiger partial charge in [-0.2, -0.15) is 5.10 Å². The summed E-state index contributed by atoms with van der Waals surface area (Å²) in [5, 5.41) is 10.3. The smallest absolute Gasteiger partial charge is 0.319 e. The summed E-state index contributed by atoms with van der Waals surface area (Å²) in [7, 11) is 1.86. The van der Waals surface area contributed by atoms with Crippen molar-refractivity contribution in [3.8, 4) is 0 Å². The van der Waals surface area contributed by atoms with Crippen molar-refractivity contribution in [3.05, 3.63) is 11.9 Å². The highest BCUT2D eigenvalue weighted by atomic mass is 16.5. The number of rotatable bonds is 4. The zero-order valence-electron chi connectivity index (χ0n) is 12.1. The van der Waals surface area contributed by atoms with Gasteiger partial charge in [-0.05, 0) is 31.6 Å². The Bertz CT molecular complexity index is 495. The third-order valence-corrected chi connectivity index (χ3v) is 4.03. The van der Waals surface area contributed by atoms with E-state index in [1.54, 1.807) is 4.68 Å². The molecular weight excluding hydrogens is 256 g/mol. The minimum atomic E-state index is -0.158. The number of hydrogen-bond donors (Lipinski definition) is 2. The number of aromatic nitrogens is 2. The van der Waals surface area contributed by atoms with Crippen LogP contribution in [0.15, 0.2) is 6.20 Å². The molecular formula is C14H22N4O2. The maximum atomic E-state index is 12.1. The second kappa shape index (κ2) is 5.44. The van der Waals surface area contributed by atoms with Crippen LogP contribution in [0.2, 0.25) is 0 Å².